The first-order chi connectivity index (χ1) is 13.6. The Bertz CT molecular complexity index is 985. The summed E-state index contributed by atoms with van der Waals surface area (Å²) < 4.78 is 11.0. The second kappa shape index (κ2) is 9.78. The lowest BCUT2D eigenvalue weighted by Gasteiger charge is -2.05. The lowest BCUT2D eigenvalue weighted by molar-refractivity contribution is -0.115. The number of anilines is 1. The molecule has 1 heterocycles. The van der Waals surface area contributed by atoms with Gasteiger partial charge in [0, 0.05) is 17.2 Å². The minimum Gasteiger partial charge on any atom is -0.484 e. The number of nitrogens with zero attached hydrogens (tertiary/aromatic N) is 3. The number of hydrogen-bond donors (Lipinski definition) is 1. The average Bonchev–Trinajstić information content (AvgIpc) is 3.16. The lowest BCUT2D eigenvalue weighted by Crippen LogP contribution is -2.13. The van der Waals surface area contributed by atoms with Crippen LogP contribution in [0.1, 0.15) is 17.9 Å². The van der Waals surface area contributed by atoms with Gasteiger partial charge in [-0.1, -0.05) is 35.5 Å². The van der Waals surface area contributed by atoms with Crippen molar-refractivity contribution in [2.45, 2.75) is 18.3 Å². The van der Waals surface area contributed by atoms with Crippen LogP contribution in [0, 0.1) is 11.3 Å². The molecule has 1 N–H and O–H groups in total. The van der Waals surface area contributed by atoms with Gasteiger partial charge in [0.2, 0.25) is 5.91 Å². The van der Waals surface area contributed by atoms with Gasteiger partial charge >= 0.3 is 0 Å². The van der Waals surface area contributed by atoms with E-state index in [2.05, 4.69) is 15.5 Å². The Morgan fingerprint density at radius 3 is 2.79 bits per heavy atom. The number of ether oxygens (including phenoxy) is 1. The number of nitrogens with one attached hydrogen (secondary N) is 1. The van der Waals surface area contributed by atoms with Crippen molar-refractivity contribution in [1.82, 2.24) is 10.2 Å². The van der Waals surface area contributed by atoms with Crippen molar-refractivity contribution in [3.05, 3.63) is 65.0 Å². The molecule has 9 heteroatoms. The van der Waals surface area contributed by atoms with Crippen molar-refractivity contribution >= 4 is 35.0 Å². The summed E-state index contributed by atoms with van der Waals surface area (Å²) in [6.07, 6.45) is 0.240. The van der Waals surface area contributed by atoms with Gasteiger partial charge in [0.15, 0.2) is 6.61 Å². The highest BCUT2D eigenvalue weighted by Gasteiger charge is 2.10. The van der Waals surface area contributed by atoms with Crippen molar-refractivity contribution in [2.24, 2.45) is 0 Å². The number of para-hydroxylation sites is 1. The maximum atomic E-state index is 12.0. The summed E-state index contributed by atoms with van der Waals surface area (Å²) in [4.78, 5) is 12.0. The molecule has 3 aromatic rings. The zero-order valence-corrected chi connectivity index (χ0v) is 16.2. The fourth-order valence-electron chi connectivity index (χ4n) is 2.16. The van der Waals surface area contributed by atoms with E-state index in [0.29, 0.717) is 38.9 Å². The molecule has 0 bridgehead atoms. The predicted octanol–water partition coefficient (Wildman–Crippen LogP) is 4.29. The maximum Gasteiger partial charge on any atom is 0.276 e. The van der Waals surface area contributed by atoms with Crippen LogP contribution in [-0.4, -0.2) is 21.9 Å². The fourth-order valence-corrected chi connectivity index (χ4v) is 3.01. The molecule has 0 saturated heterocycles. The monoisotopic (exact) mass is 414 g/mol. The third-order valence-electron chi connectivity index (χ3n) is 3.50. The number of benzene rings is 2. The van der Waals surface area contributed by atoms with Crippen molar-refractivity contribution in [1.29, 1.82) is 5.26 Å². The second-order valence-corrected chi connectivity index (χ2v) is 6.99. The predicted molar refractivity (Wildman–Crippen MR) is 105 cm³/mol. The van der Waals surface area contributed by atoms with E-state index in [1.54, 1.807) is 48.5 Å². The number of thioether (sulfide) groups is 1. The molecule has 2 aromatic carbocycles. The molecule has 0 saturated carbocycles. The van der Waals surface area contributed by atoms with E-state index in [1.165, 1.54) is 11.8 Å². The Labute approximate surface area is 170 Å². The van der Waals surface area contributed by atoms with Crippen molar-refractivity contribution in [3.63, 3.8) is 0 Å². The van der Waals surface area contributed by atoms with Crippen molar-refractivity contribution < 1.29 is 13.9 Å². The van der Waals surface area contributed by atoms with Gasteiger partial charge in [-0.05, 0) is 36.4 Å². The number of amides is 1. The molecule has 3 rings (SSSR count). The molecule has 0 aliphatic rings. The summed E-state index contributed by atoms with van der Waals surface area (Å²) >= 11 is 7.10. The largest absolute Gasteiger partial charge is 0.484 e. The van der Waals surface area contributed by atoms with Crippen LogP contribution in [0.3, 0.4) is 0 Å². The zero-order chi connectivity index (χ0) is 19.8. The average molecular weight is 415 g/mol. The summed E-state index contributed by atoms with van der Waals surface area (Å²) in [6.45, 7) is 0.140. The quantitative estimate of drug-likeness (QED) is 0.548. The van der Waals surface area contributed by atoms with Crippen LogP contribution in [0.2, 0.25) is 5.02 Å². The van der Waals surface area contributed by atoms with Gasteiger partial charge in [0.05, 0.1) is 11.3 Å². The molecule has 0 unspecified atom stereocenters. The van der Waals surface area contributed by atoms with E-state index in [1.807, 2.05) is 6.07 Å². The summed E-state index contributed by atoms with van der Waals surface area (Å²) in [5.74, 6) is 1.25. The van der Waals surface area contributed by atoms with Crippen LogP contribution in [0.25, 0.3) is 0 Å². The highest BCUT2D eigenvalue weighted by atomic mass is 35.5. The van der Waals surface area contributed by atoms with Crippen molar-refractivity contribution in [3.8, 4) is 11.8 Å². The van der Waals surface area contributed by atoms with Gasteiger partial charge in [0.1, 0.15) is 11.8 Å². The van der Waals surface area contributed by atoms with Crippen LogP contribution in [0.5, 0.6) is 5.75 Å². The minimum atomic E-state index is -0.194. The standard InChI is InChI=1S/C19H15ClN4O3S/c20-14-5-7-15(8-6-14)26-12-18-23-24-19(27-18)28-10-9-17(25)22-16-4-2-1-3-13(16)11-21/h1-8H,9-10,12H2,(H,22,25). The molecule has 0 aliphatic carbocycles. The molecule has 0 atom stereocenters. The molecule has 0 fully saturated rings. The summed E-state index contributed by atoms with van der Waals surface area (Å²) in [6, 6.07) is 15.8. The van der Waals surface area contributed by atoms with Crippen LogP contribution in [-0.2, 0) is 11.4 Å². The smallest absolute Gasteiger partial charge is 0.276 e. The Hall–Kier alpha value is -3.02. The third-order valence-corrected chi connectivity index (χ3v) is 4.57. The zero-order valence-electron chi connectivity index (χ0n) is 14.6. The van der Waals surface area contributed by atoms with Gasteiger partial charge in [-0.2, -0.15) is 5.26 Å². The van der Waals surface area contributed by atoms with E-state index in [9.17, 15) is 4.79 Å². The van der Waals surface area contributed by atoms with Gasteiger partial charge in [-0.3, -0.25) is 4.79 Å². The molecule has 28 heavy (non-hydrogen) atoms. The highest BCUT2D eigenvalue weighted by Crippen LogP contribution is 2.20. The van der Waals surface area contributed by atoms with Crippen LogP contribution in [0.4, 0.5) is 5.69 Å². The number of aromatic nitrogens is 2. The number of carbonyl (C=O) groups is 1. The molecule has 0 spiro atoms. The van der Waals surface area contributed by atoms with E-state index in [0.717, 1.165) is 0 Å². The summed E-state index contributed by atoms with van der Waals surface area (Å²) in [7, 11) is 0. The Balaban J connectivity index is 1.42. The Morgan fingerprint density at radius 2 is 2.00 bits per heavy atom. The number of nitriles is 1. The summed E-state index contributed by atoms with van der Waals surface area (Å²) in [5.41, 5.74) is 0.921. The van der Waals surface area contributed by atoms with Gasteiger partial charge in [0.25, 0.3) is 11.1 Å². The molecular formula is C19H15ClN4O3S. The molecular weight excluding hydrogens is 400 g/mol. The number of halogens is 1. The molecule has 1 amide bonds. The SMILES string of the molecule is N#Cc1ccccc1NC(=O)CCSc1nnc(COc2ccc(Cl)cc2)o1. The first-order valence-corrected chi connectivity index (χ1v) is 9.63. The first kappa shape index (κ1) is 19.7. The topological polar surface area (TPSA) is 101 Å². The Kier molecular flexibility index (Phi) is 6.89. The summed E-state index contributed by atoms with van der Waals surface area (Å²) in [5, 5.41) is 20.6. The van der Waals surface area contributed by atoms with Crippen LogP contribution < -0.4 is 10.1 Å². The van der Waals surface area contributed by atoms with E-state index in [4.69, 9.17) is 26.0 Å². The highest BCUT2D eigenvalue weighted by molar-refractivity contribution is 7.99. The second-order valence-electron chi connectivity index (χ2n) is 5.51. The van der Waals surface area contributed by atoms with Crippen molar-refractivity contribution in [2.75, 3.05) is 11.1 Å². The van der Waals surface area contributed by atoms with Crippen LogP contribution >= 0.6 is 23.4 Å². The lowest BCUT2D eigenvalue weighted by atomic mass is 10.2. The molecule has 0 aliphatic heterocycles. The van der Waals surface area contributed by atoms with E-state index < -0.39 is 0 Å². The first-order valence-electron chi connectivity index (χ1n) is 8.26. The Morgan fingerprint density at radius 1 is 1.21 bits per heavy atom. The normalized spacial score (nSPS) is 10.3. The number of rotatable bonds is 8. The van der Waals surface area contributed by atoms with Gasteiger partial charge in [-0.15, -0.1) is 10.2 Å². The molecule has 7 nitrogen and oxygen atoms in total. The van der Waals surface area contributed by atoms with Crippen LogP contribution in [0.15, 0.2) is 58.2 Å². The molecule has 1 aromatic heterocycles. The van der Waals surface area contributed by atoms with E-state index in [-0.39, 0.29) is 18.9 Å². The van der Waals surface area contributed by atoms with Gasteiger partial charge < -0.3 is 14.5 Å². The molecule has 0 radical (unpaired) electrons. The fraction of sp³-hybridized carbons (Fsp3) is 0.158. The number of carbonyl (C=O) groups excluding carboxylic acids is 1. The minimum absolute atomic E-state index is 0.140. The third kappa shape index (κ3) is 5.74. The van der Waals surface area contributed by atoms with E-state index >= 15 is 0 Å². The molecule has 142 valence electrons. The maximum absolute atomic E-state index is 12.0. The van der Waals surface area contributed by atoms with Gasteiger partial charge in [-0.25, -0.2) is 0 Å². The number of hydrogen-bond acceptors (Lipinski definition) is 7.